The van der Waals surface area contributed by atoms with Crippen LogP contribution >= 0.6 is 36.7 Å². The fourth-order valence-corrected chi connectivity index (χ4v) is 15.0. The first-order valence-corrected chi connectivity index (χ1v) is 35.1. The van der Waals surface area contributed by atoms with E-state index in [0.29, 0.717) is 117 Å². The predicted octanol–water partition coefficient (Wildman–Crippen LogP) is 16.2. The monoisotopic (exact) mass is 1520 g/mol. The first-order chi connectivity index (χ1) is 51.9. The molecule has 3 saturated carbocycles. The summed E-state index contributed by atoms with van der Waals surface area (Å²) in [6.07, 6.45) is 6.40. The Morgan fingerprint density at radius 1 is 0.550 bits per heavy atom. The lowest BCUT2D eigenvalue weighted by Crippen LogP contribution is -2.55. The number of isothiocyanates is 1. The number of amides is 6. The highest BCUT2D eigenvalue weighted by Gasteiger charge is 2.61. The number of fused-ring (bicyclic) bond motifs is 2. The van der Waals surface area contributed by atoms with Gasteiger partial charge in [-0.1, -0.05) is 60.7 Å². The van der Waals surface area contributed by atoms with Crippen molar-refractivity contribution in [2.45, 2.75) is 115 Å². The third-order valence-electron chi connectivity index (χ3n) is 20.2. The van der Waals surface area contributed by atoms with Crippen molar-refractivity contribution in [1.82, 2.24) is 9.80 Å². The maximum atomic E-state index is 15.4. The Labute approximate surface area is 642 Å². The first-order valence-electron chi connectivity index (χ1n) is 33.9. The fourth-order valence-electron chi connectivity index (χ4n) is 14.0. The molecule has 0 atom stereocenters. The largest absolute Gasteiger partial charge is 0.467 e. The lowest BCUT2D eigenvalue weighted by Gasteiger charge is -2.43. The number of nitrogens with two attached hydrogens (primary N) is 1. The Morgan fingerprint density at radius 3 is 1.24 bits per heavy atom. The van der Waals surface area contributed by atoms with Crippen LogP contribution in [0.15, 0.2) is 163 Å². The summed E-state index contributed by atoms with van der Waals surface area (Å²) in [6.45, 7) is 26.6. The van der Waals surface area contributed by atoms with Crippen LogP contribution in [-0.4, -0.2) is 95.8 Å². The average molecular weight is 1530 g/mol. The van der Waals surface area contributed by atoms with Crippen LogP contribution in [0.25, 0.3) is 14.5 Å². The van der Waals surface area contributed by atoms with Crippen molar-refractivity contribution in [2.75, 3.05) is 32.0 Å². The van der Waals surface area contributed by atoms with Crippen molar-refractivity contribution >= 4 is 145 Å². The van der Waals surface area contributed by atoms with E-state index in [1.54, 1.807) is 138 Å². The lowest BCUT2D eigenvalue weighted by molar-refractivity contribution is -0.149. The number of aryl methyl sites for hydroxylation is 3. The lowest BCUT2D eigenvalue weighted by atomic mass is 9.75. The molecule has 2 spiro atoms. The quantitative estimate of drug-likeness (QED) is 0.0208. The number of aliphatic imine (C=N–C) groups is 1. The molecule has 0 aromatic heterocycles. The third-order valence-corrected chi connectivity index (χ3v) is 21.0. The van der Waals surface area contributed by atoms with E-state index in [1.807, 2.05) is 19.9 Å². The molecule has 7 N–H and O–H groups in total. The Morgan fingerprint density at radius 2 is 0.917 bits per heavy atom. The number of esters is 1. The van der Waals surface area contributed by atoms with Gasteiger partial charge in [-0.15, -0.1) is 0 Å². The summed E-state index contributed by atoms with van der Waals surface area (Å²) in [5, 5.41) is 5.93. The van der Waals surface area contributed by atoms with E-state index in [4.69, 9.17) is 65.7 Å². The van der Waals surface area contributed by atoms with Crippen LogP contribution < -0.4 is 30.7 Å². The number of hydrogen-bond acceptors (Lipinski definition) is 16. The molecule has 7 aliphatic rings. The number of imide groups is 2. The van der Waals surface area contributed by atoms with Gasteiger partial charge in [-0.2, -0.15) is 4.99 Å². The number of benzene rings is 8. The van der Waals surface area contributed by atoms with Gasteiger partial charge in [-0.25, -0.2) is 43.6 Å². The molecule has 29 heteroatoms. The average Bonchev–Trinajstić information content (AvgIpc) is 1.55. The summed E-state index contributed by atoms with van der Waals surface area (Å²) in [6, 6.07) is 42.5. The van der Waals surface area contributed by atoms with Gasteiger partial charge in [0.1, 0.15) is 34.1 Å². The molecule has 4 aliphatic heterocycles. The van der Waals surface area contributed by atoms with E-state index in [-0.39, 0.29) is 60.6 Å². The van der Waals surface area contributed by atoms with Gasteiger partial charge in [-0.3, -0.25) is 48.4 Å². The summed E-state index contributed by atoms with van der Waals surface area (Å²) in [5.74, 6) is -3.95. The molecule has 109 heavy (non-hydrogen) atoms. The highest BCUT2D eigenvalue weighted by Crippen LogP contribution is 2.50. The third kappa shape index (κ3) is 14.6. The van der Waals surface area contributed by atoms with Crippen LogP contribution in [0.4, 0.5) is 64.4 Å². The minimum absolute atomic E-state index is 0. The summed E-state index contributed by atoms with van der Waals surface area (Å²) in [4.78, 5) is 112. The number of rotatable bonds is 13. The van der Waals surface area contributed by atoms with E-state index in [0.717, 1.165) is 51.4 Å². The second kappa shape index (κ2) is 32.8. The maximum absolute atomic E-state index is 15.4. The van der Waals surface area contributed by atoms with Crippen LogP contribution in [0.5, 0.6) is 0 Å². The molecule has 8 aromatic rings. The zero-order valence-electron chi connectivity index (χ0n) is 59.2. The molecule has 5 fully saturated rings. The first kappa shape index (κ1) is 79.2. The summed E-state index contributed by atoms with van der Waals surface area (Å²) < 4.78 is 49.3. The topological polar surface area (TPSA) is 291 Å². The molecule has 0 unspecified atom stereocenters. The minimum atomic E-state index is -0.889. The van der Waals surface area contributed by atoms with Gasteiger partial charge in [-0.05, 0) is 229 Å². The number of anilines is 5. The van der Waals surface area contributed by atoms with Crippen LogP contribution in [0.2, 0.25) is 0 Å². The van der Waals surface area contributed by atoms with Gasteiger partial charge >= 0.3 is 5.97 Å². The second-order valence-electron chi connectivity index (χ2n) is 26.3. The molecule has 8 aromatic carbocycles. The minimum Gasteiger partial charge on any atom is -0.467 e. The van der Waals surface area contributed by atoms with Crippen molar-refractivity contribution in [3.63, 3.8) is 0 Å². The standard InChI is InChI=1S/C29H21FN4O3S.C21H19FN4OS.C21H19FN2O4.C9H6N2S.H2N2.H2O.H2/c1-17-14-19(10-11-24(17)31-2)33-27(37)29(12-5-13-29)34(28(33)38)20-9-8-18(23(30)15-20)16-32-25(35)21-6-3-4-7-22(21)26(32)36;1-13-10-15(6-7-18(13)24-2)25-19(27)21(8-3-9-21)26(20(25)28)16-5-4-14(12-23)17(22)11-16;1-28-20(27)21(9-4-10-21)23-14-8-7-13(17(22)11-14)12-24-18(25)15-5-2-3-6-16(15)19(24)26;1-7-5-8(11-6-12)3-4-9(7)10-2;1-2;;/h3-4,6-11,14-15H,5,12-13,16H2,1H3;4-7,10-11H,3,8-9,12,23H2,1H3;2-3,5-8,11,23H,4,9-10,12H2,1H3;3-5H,1H3;1-2H;1H2;1H. The van der Waals surface area contributed by atoms with Gasteiger partial charge in [0.25, 0.3) is 35.4 Å². The Hall–Kier alpha value is -12.4. The molecule has 554 valence electrons. The molecule has 0 bridgehead atoms. The highest BCUT2D eigenvalue weighted by atomic mass is 32.1. The van der Waals surface area contributed by atoms with Crippen LogP contribution in [-0.2, 0) is 38.8 Å². The van der Waals surface area contributed by atoms with Gasteiger partial charge in [0.05, 0.1) is 73.0 Å². The fraction of sp³-hybridized carbons (Fsp3) is 0.237. The summed E-state index contributed by atoms with van der Waals surface area (Å²) >= 11 is 15.9. The number of thiocarbonyl (C=S) groups is 3. The smallest absolute Gasteiger partial charge is 0.331 e. The normalized spacial score (nSPS) is 16.1. The number of hydrogen-bond donors (Lipinski definition) is 4. The van der Waals surface area contributed by atoms with E-state index in [1.165, 1.54) is 47.2 Å². The number of carbonyl (C=O) groups excluding carboxylic acids is 7. The van der Waals surface area contributed by atoms with Crippen molar-refractivity contribution < 1.29 is 58.4 Å². The van der Waals surface area contributed by atoms with E-state index >= 15 is 4.39 Å². The Kier molecular flexibility index (Phi) is 23.8. The molecule has 6 amide bonds. The molecule has 15 rings (SSSR count). The molecule has 2 saturated heterocycles. The zero-order chi connectivity index (χ0) is 77.7. The number of ether oxygens (including phenoxy) is 1. The Bertz CT molecular complexity index is 5230. The number of nitrogens with one attached hydrogen (secondary N) is 3. The molecular weight excluding hydrogens is 1450 g/mol. The number of halogens is 3. The summed E-state index contributed by atoms with van der Waals surface area (Å²) in [5.41, 5.74) is 22.7. The van der Waals surface area contributed by atoms with Crippen LogP contribution in [0.3, 0.4) is 0 Å². The second-order valence-corrected chi connectivity index (χ2v) is 27.2. The van der Waals surface area contributed by atoms with Crippen molar-refractivity contribution in [3.05, 3.63) is 265 Å². The van der Waals surface area contributed by atoms with Crippen molar-refractivity contribution in [1.29, 1.82) is 11.1 Å². The Balaban J connectivity index is 0.000000175. The SMILES string of the molecule is COC(=O)C1(Nc2ccc(CN3C(=O)c4ccccc4C3=O)c(F)c2)CCC1.N=N.O.[C-]#[N+]c1ccc(N2C(=O)C3(CCC3)N(c3ccc(CN)c(F)c3)C2=S)cc1C.[C-]#[N+]c1ccc(N2C(=O)C3(CCC3)N(c3ccc(CN4C(=O)c5ccccc5C4=O)c(F)c3)C2=S)cc1C.[C-]#[N+]c1ccc(N=C=S)cc1C.[HH]. The van der Waals surface area contributed by atoms with E-state index in [2.05, 4.69) is 42.2 Å². The molecule has 3 aliphatic carbocycles. The summed E-state index contributed by atoms with van der Waals surface area (Å²) in [7, 11) is 1.33. The maximum Gasteiger partial charge on any atom is 0.331 e. The van der Waals surface area contributed by atoms with Gasteiger partial charge in [0.15, 0.2) is 27.3 Å². The van der Waals surface area contributed by atoms with Crippen LogP contribution in [0.1, 0.15) is 134 Å². The molecule has 23 nitrogen and oxygen atoms in total. The molecule has 4 heterocycles. The van der Waals surface area contributed by atoms with Crippen molar-refractivity contribution in [2.24, 2.45) is 10.7 Å². The molecular formula is C80H71F3N14O9S3. The highest BCUT2D eigenvalue weighted by molar-refractivity contribution is 7.81. The van der Waals surface area contributed by atoms with E-state index < -0.39 is 57.7 Å². The number of methoxy groups -OCH3 is 1. The number of nitrogens with zero attached hydrogens (tertiary/aromatic N) is 10. The van der Waals surface area contributed by atoms with Crippen molar-refractivity contribution in [3.8, 4) is 0 Å². The molecule has 0 radical (unpaired) electrons. The predicted molar refractivity (Wildman–Crippen MR) is 417 cm³/mol. The van der Waals surface area contributed by atoms with Gasteiger partial charge < -0.3 is 31.1 Å². The van der Waals surface area contributed by atoms with Gasteiger partial charge in [0.2, 0.25) is 0 Å². The zero-order valence-corrected chi connectivity index (χ0v) is 61.6. The van der Waals surface area contributed by atoms with Crippen LogP contribution in [0, 0.1) is 69.0 Å². The number of carbonyl (C=O) groups is 7. The van der Waals surface area contributed by atoms with E-state index in [9.17, 15) is 42.3 Å². The van der Waals surface area contributed by atoms with Gasteiger partial charge in [0, 0.05) is 53.1 Å².